The molecule has 0 aliphatic rings. The predicted molar refractivity (Wildman–Crippen MR) is 75.3 cm³/mol. The zero-order valence-corrected chi connectivity index (χ0v) is 11.6. The summed E-state index contributed by atoms with van der Waals surface area (Å²) in [5, 5.41) is 6.30. The van der Waals surface area contributed by atoms with Gasteiger partial charge in [0.2, 0.25) is 17.2 Å². The second-order valence-electron chi connectivity index (χ2n) is 3.94. The van der Waals surface area contributed by atoms with Crippen molar-refractivity contribution < 1.29 is 0 Å². The van der Waals surface area contributed by atoms with Gasteiger partial charge in [-0.1, -0.05) is 0 Å². The lowest BCUT2D eigenvalue weighted by Crippen LogP contribution is -2.09. The smallest absolute Gasteiger partial charge is 0.229 e. The number of hydrogen-bond donors (Lipinski definition) is 2. The van der Waals surface area contributed by atoms with Gasteiger partial charge >= 0.3 is 0 Å². The molecule has 100 valence electrons. The molecule has 0 unspecified atom stereocenters. The van der Waals surface area contributed by atoms with Crippen molar-refractivity contribution in [2.45, 2.75) is 20.4 Å². The van der Waals surface area contributed by atoms with Crippen LogP contribution in [0, 0.1) is 6.92 Å². The van der Waals surface area contributed by atoms with Gasteiger partial charge in [0.1, 0.15) is 0 Å². The molecule has 19 heavy (non-hydrogen) atoms. The number of aromatic nitrogens is 4. The van der Waals surface area contributed by atoms with Gasteiger partial charge in [0.25, 0.3) is 0 Å². The minimum absolute atomic E-state index is 0.167. The molecule has 0 bridgehead atoms. The lowest BCUT2D eigenvalue weighted by atomic mass is 10.1. The van der Waals surface area contributed by atoms with Crippen molar-refractivity contribution in [3.8, 4) is 0 Å². The van der Waals surface area contributed by atoms with Gasteiger partial charge in [-0.25, -0.2) is 0 Å². The van der Waals surface area contributed by atoms with E-state index in [1.165, 1.54) is 0 Å². The molecule has 2 heterocycles. The molecule has 0 aliphatic carbocycles. The van der Waals surface area contributed by atoms with Crippen LogP contribution >= 0.6 is 11.6 Å². The van der Waals surface area contributed by atoms with Crippen LogP contribution < -0.4 is 10.6 Å². The quantitative estimate of drug-likeness (QED) is 0.874. The van der Waals surface area contributed by atoms with Crippen LogP contribution in [0.25, 0.3) is 0 Å². The molecule has 0 atom stereocenters. The molecule has 2 aromatic rings. The monoisotopic (exact) mass is 278 g/mol. The molecule has 0 saturated heterocycles. The zero-order chi connectivity index (χ0) is 13.7. The molecule has 0 saturated carbocycles. The first kappa shape index (κ1) is 13.5. The van der Waals surface area contributed by atoms with E-state index in [2.05, 4.69) is 30.6 Å². The van der Waals surface area contributed by atoms with Crippen LogP contribution in [0.1, 0.15) is 18.1 Å². The maximum atomic E-state index is 5.85. The van der Waals surface area contributed by atoms with Crippen molar-refractivity contribution in [3.05, 3.63) is 34.9 Å². The minimum atomic E-state index is 0.167. The summed E-state index contributed by atoms with van der Waals surface area (Å²) in [6.07, 6.45) is 3.58. The standard InChI is InChI=1S/C12H15ClN6/c1-3-15-11-17-10(13)18-12(19-11)16-7-9-4-5-14-6-8(9)2/h4-6H,3,7H2,1-2H3,(H2,15,16,17,18,19). The number of pyridine rings is 1. The third-order valence-electron chi connectivity index (χ3n) is 2.52. The molecule has 2 aromatic heterocycles. The summed E-state index contributed by atoms with van der Waals surface area (Å²) in [6, 6.07) is 1.95. The highest BCUT2D eigenvalue weighted by molar-refractivity contribution is 6.28. The fourth-order valence-corrected chi connectivity index (χ4v) is 1.70. The summed E-state index contributed by atoms with van der Waals surface area (Å²) >= 11 is 5.85. The Kier molecular flexibility index (Phi) is 4.46. The number of hydrogen-bond acceptors (Lipinski definition) is 6. The summed E-state index contributed by atoms with van der Waals surface area (Å²) in [6.45, 7) is 5.31. The number of halogens is 1. The van der Waals surface area contributed by atoms with E-state index in [0.29, 0.717) is 18.4 Å². The van der Waals surface area contributed by atoms with E-state index in [-0.39, 0.29) is 5.28 Å². The molecule has 0 spiro atoms. The van der Waals surface area contributed by atoms with Crippen molar-refractivity contribution in [1.82, 2.24) is 19.9 Å². The number of nitrogens with zero attached hydrogens (tertiary/aromatic N) is 4. The molecule has 2 rings (SSSR count). The average Bonchev–Trinajstić information content (AvgIpc) is 2.37. The Balaban J connectivity index is 2.09. The SMILES string of the molecule is CCNc1nc(Cl)nc(NCc2ccncc2C)n1. The molecular formula is C12H15ClN6. The Morgan fingerprint density at radius 2 is 1.89 bits per heavy atom. The van der Waals surface area contributed by atoms with Crippen LogP contribution in [0.5, 0.6) is 0 Å². The number of nitrogens with one attached hydrogen (secondary N) is 2. The van der Waals surface area contributed by atoms with Gasteiger partial charge in [0, 0.05) is 25.5 Å². The van der Waals surface area contributed by atoms with E-state index in [1.54, 1.807) is 6.20 Å². The van der Waals surface area contributed by atoms with Gasteiger partial charge in [-0.05, 0) is 42.6 Å². The van der Waals surface area contributed by atoms with Gasteiger partial charge in [0.05, 0.1) is 0 Å². The van der Waals surface area contributed by atoms with Gasteiger partial charge < -0.3 is 10.6 Å². The molecular weight excluding hydrogens is 264 g/mol. The zero-order valence-electron chi connectivity index (χ0n) is 10.8. The van der Waals surface area contributed by atoms with Crippen LogP contribution in [-0.2, 0) is 6.54 Å². The fourth-order valence-electron chi connectivity index (χ4n) is 1.54. The Labute approximate surface area is 116 Å². The normalized spacial score (nSPS) is 10.3. The average molecular weight is 279 g/mol. The van der Waals surface area contributed by atoms with Gasteiger partial charge in [-0.3, -0.25) is 4.98 Å². The molecule has 0 aromatic carbocycles. The van der Waals surface area contributed by atoms with Crippen molar-refractivity contribution >= 4 is 23.5 Å². The highest BCUT2D eigenvalue weighted by Crippen LogP contribution is 2.11. The van der Waals surface area contributed by atoms with Crippen LogP contribution in [0.3, 0.4) is 0 Å². The van der Waals surface area contributed by atoms with E-state index in [4.69, 9.17) is 11.6 Å². The largest absolute Gasteiger partial charge is 0.354 e. The van der Waals surface area contributed by atoms with E-state index >= 15 is 0 Å². The number of anilines is 2. The molecule has 7 heteroatoms. The van der Waals surface area contributed by atoms with E-state index in [1.807, 2.05) is 26.1 Å². The summed E-state index contributed by atoms with van der Waals surface area (Å²) < 4.78 is 0. The van der Waals surface area contributed by atoms with Crippen LogP contribution in [0.15, 0.2) is 18.5 Å². The third kappa shape index (κ3) is 3.75. The van der Waals surface area contributed by atoms with E-state index in [0.717, 1.165) is 17.7 Å². The Morgan fingerprint density at radius 1 is 1.16 bits per heavy atom. The number of aryl methyl sites for hydroxylation is 1. The number of rotatable bonds is 5. The maximum absolute atomic E-state index is 5.85. The lowest BCUT2D eigenvalue weighted by molar-refractivity contribution is 0.981. The van der Waals surface area contributed by atoms with Crippen molar-refractivity contribution in [2.75, 3.05) is 17.2 Å². The summed E-state index contributed by atoms with van der Waals surface area (Å²) in [7, 11) is 0. The molecule has 0 aliphatic heterocycles. The van der Waals surface area contributed by atoms with Crippen molar-refractivity contribution in [3.63, 3.8) is 0 Å². The first-order chi connectivity index (χ1) is 9.19. The topological polar surface area (TPSA) is 75.6 Å². The van der Waals surface area contributed by atoms with E-state index in [9.17, 15) is 0 Å². The first-order valence-corrected chi connectivity index (χ1v) is 6.35. The second kappa shape index (κ2) is 6.29. The second-order valence-corrected chi connectivity index (χ2v) is 4.28. The van der Waals surface area contributed by atoms with Gasteiger partial charge in [-0.2, -0.15) is 15.0 Å². The van der Waals surface area contributed by atoms with Crippen LogP contribution in [0.4, 0.5) is 11.9 Å². The predicted octanol–water partition coefficient (Wildman–Crippen LogP) is 2.27. The highest BCUT2D eigenvalue weighted by atomic mass is 35.5. The molecule has 2 N–H and O–H groups in total. The molecule has 0 radical (unpaired) electrons. The van der Waals surface area contributed by atoms with Gasteiger partial charge in [-0.15, -0.1) is 0 Å². The summed E-state index contributed by atoms with van der Waals surface area (Å²) in [4.78, 5) is 16.3. The fraction of sp³-hybridized carbons (Fsp3) is 0.333. The Hall–Kier alpha value is -1.95. The molecule has 0 fully saturated rings. The summed E-state index contributed by atoms with van der Waals surface area (Å²) in [5.41, 5.74) is 2.25. The summed E-state index contributed by atoms with van der Waals surface area (Å²) in [5.74, 6) is 0.920. The van der Waals surface area contributed by atoms with Crippen LogP contribution in [0.2, 0.25) is 5.28 Å². The first-order valence-electron chi connectivity index (χ1n) is 5.98. The van der Waals surface area contributed by atoms with E-state index < -0.39 is 0 Å². The Morgan fingerprint density at radius 3 is 2.58 bits per heavy atom. The molecule has 0 amide bonds. The van der Waals surface area contributed by atoms with Crippen LogP contribution in [-0.4, -0.2) is 26.5 Å². The van der Waals surface area contributed by atoms with Gasteiger partial charge in [0.15, 0.2) is 0 Å². The molecule has 6 nitrogen and oxygen atoms in total. The van der Waals surface area contributed by atoms with Crippen molar-refractivity contribution in [2.24, 2.45) is 0 Å². The lowest BCUT2D eigenvalue weighted by Gasteiger charge is -2.08. The minimum Gasteiger partial charge on any atom is -0.354 e. The van der Waals surface area contributed by atoms with Crippen molar-refractivity contribution in [1.29, 1.82) is 0 Å². The highest BCUT2D eigenvalue weighted by Gasteiger charge is 2.04. The Bertz CT molecular complexity index is 560. The third-order valence-corrected chi connectivity index (χ3v) is 2.69. The maximum Gasteiger partial charge on any atom is 0.229 e.